The molecule has 0 fully saturated rings. The van der Waals surface area contributed by atoms with Crippen molar-refractivity contribution in [2.45, 2.75) is 25.2 Å². The molecule has 1 N–H and O–H groups in total. The molecule has 0 aromatic heterocycles. The molecule has 0 saturated heterocycles. The molecule has 1 amide bonds. The van der Waals surface area contributed by atoms with E-state index in [4.69, 9.17) is 0 Å². The fraction of sp³-hybridized carbons (Fsp3) is 0.278. The van der Waals surface area contributed by atoms with Gasteiger partial charge in [-0.2, -0.15) is 0 Å². The molecule has 2 aromatic rings. The normalized spacial score (nSPS) is 16.2. The monoisotopic (exact) mass is 319 g/mol. The highest BCUT2D eigenvalue weighted by molar-refractivity contribution is 5.94. The maximum Gasteiger partial charge on any atom is 0.254 e. The first-order chi connectivity index (χ1) is 11.1. The maximum atomic E-state index is 13.5. The van der Waals surface area contributed by atoms with E-state index in [0.717, 1.165) is 19.3 Å². The van der Waals surface area contributed by atoms with E-state index in [1.807, 2.05) is 12.1 Å². The Kier molecular flexibility index (Phi) is 4.37. The Morgan fingerprint density at radius 1 is 1.09 bits per heavy atom. The van der Waals surface area contributed by atoms with Gasteiger partial charge in [0.2, 0.25) is 0 Å². The number of rotatable bonds is 4. The Balaban J connectivity index is 1.59. The van der Waals surface area contributed by atoms with E-state index in [2.05, 4.69) is 17.4 Å². The van der Waals surface area contributed by atoms with Crippen LogP contribution in [0.1, 0.15) is 40.2 Å². The molecule has 0 saturated carbocycles. The molecular weight excluding hydrogens is 303 g/mol. The average molecular weight is 319 g/mol. The molecule has 0 heterocycles. The van der Waals surface area contributed by atoms with Crippen molar-refractivity contribution in [3.05, 3.63) is 70.5 Å². The molecule has 0 bridgehead atoms. The minimum atomic E-state index is -1.30. The lowest BCUT2D eigenvalue weighted by molar-refractivity contribution is 0.0947. The summed E-state index contributed by atoms with van der Waals surface area (Å²) in [6.45, 7) is 0.357. The third-order valence-electron chi connectivity index (χ3n) is 4.29. The molecule has 0 aliphatic heterocycles. The first-order valence-electron chi connectivity index (χ1n) is 7.57. The van der Waals surface area contributed by atoms with E-state index < -0.39 is 28.9 Å². The Hall–Kier alpha value is -2.30. The topological polar surface area (TPSA) is 29.1 Å². The smallest absolute Gasteiger partial charge is 0.254 e. The van der Waals surface area contributed by atoms with Gasteiger partial charge in [0.1, 0.15) is 5.82 Å². The number of fused-ring (bicyclic) bond motifs is 1. The van der Waals surface area contributed by atoms with Crippen LogP contribution >= 0.6 is 0 Å². The van der Waals surface area contributed by atoms with Gasteiger partial charge in [0.05, 0.1) is 5.56 Å². The van der Waals surface area contributed by atoms with Gasteiger partial charge in [-0.3, -0.25) is 4.79 Å². The fourth-order valence-electron chi connectivity index (χ4n) is 3.10. The number of halogens is 3. The minimum absolute atomic E-state index is 0.357. The molecule has 3 rings (SSSR count). The lowest BCUT2D eigenvalue weighted by Crippen LogP contribution is -2.26. The Morgan fingerprint density at radius 2 is 1.83 bits per heavy atom. The average Bonchev–Trinajstić information content (AvgIpc) is 2.94. The van der Waals surface area contributed by atoms with Gasteiger partial charge in [0.25, 0.3) is 5.91 Å². The van der Waals surface area contributed by atoms with Crippen LogP contribution in [-0.2, 0) is 6.42 Å². The van der Waals surface area contributed by atoms with Crippen LogP contribution in [0.25, 0.3) is 0 Å². The zero-order valence-corrected chi connectivity index (χ0v) is 12.4. The first-order valence-corrected chi connectivity index (χ1v) is 7.57. The molecular formula is C18H16F3NO. The zero-order chi connectivity index (χ0) is 16.4. The second-order valence-corrected chi connectivity index (χ2v) is 5.73. The maximum absolute atomic E-state index is 13.5. The predicted octanol–water partition coefficient (Wildman–Crippen LogP) is 3.95. The summed E-state index contributed by atoms with van der Waals surface area (Å²) in [5.74, 6) is -3.97. The van der Waals surface area contributed by atoms with Gasteiger partial charge < -0.3 is 5.32 Å². The third kappa shape index (κ3) is 3.23. The number of amides is 1. The molecule has 120 valence electrons. The quantitative estimate of drug-likeness (QED) is 0.849. The van der Waals surface area contributed by atoms with Gasteiger partial charge in [-0.1, -0.05) is 24.3 Å². The summed E-state index contributed by atoms with van der Waals surface area (Å²) in [5.41, 5.74) is 2.15. The molecule has 1 aliphatic carbocycles. The van der Waals surface area contributed by atoms with Crippen LogP contribution in [0.4, 0.5) is 13.2 Å². The molecule has 2 aromatic carbocycles. The van der Waals surface area contributed by atoms with Gasteiger partial charge >= 0.3 is 0 Å². The van der Waals surface area contributed by atoms with Crippen molar-refractivity contribution in [3.63, 3.8) is 0 Å². The molecule has 2 nitrogen and oxygen atoms in total. The molecule has 5 heteroatoms. The van der Waals surface area contributed by atoms with Crippen LogP contribution < -0.4 is 5.32 Å². The van der Waals surface area contributed by atoms with Crippen LogP contribution in [0.15, 0.2) is 36.4 Å². The number of benzene rings is 2. The number of aryl methyl sites for hydroxylation is 1. The lowest BCUT2D eigenvalue weighted by Gasteiger charge is -2.12. The predicted molar refractivity (Wildman–Crippen MR) is 80.8 cm³/mol. The van der Waals surface area contributed by atoms with Crippen LogP contribution in [0, 0.1) is 17.5 Å². The third-order valence-corrected chi connectivity index (χ3v) is 4.29. The van der Waals surface area contributed by atoms with Crippen LogP contribution in [0.5, 0.6) is 0 Å². The van der Waals surface area contributed by atoms with Gasteiger partial charge in [-0.15, -0.1) is 0 Å². The number of hydrogen-bond donors (Lipinski definition) is 1. The largest absolute Gasteiger partial charge is 0.352 e. The van der Waals surface area contributed by atoms with Crippen molar-refractivity contribution in [2.24, 2.45) is 0 Å². The van der Waals surface area contributed by atoms with E-state index in [1.54, 1.807) is 0 Å². The molecule has 1 aliphatic rings. The first kappa shape index (κ1) is 15.6. The number of hydrogen-bond acceptors (Lipinski definition) is 1. The summed E-state index contributed by atoms with van der Waals surface area (Å²) < 4.78 is 39.5. The number of nitrogens with one attached hydrogen (secondary N) is 1. The number of carbonyl (C=O) groups excluding carboxylic acids is 1. The van der Waals surface area contributed by atoms with Crippen molar-refractivity contribution in [1.29, 1.82) is 0 Å². The highest BCUT2D eigenvalue weighted by atomic mass is 19.2. The summed E-state index contributed by atoms with van der Waals surface area (Å²) in [5, 5.41) is 2.58. The highest BCUT2D eigenvalue weighted by Gasteiger charge is 2.22. The van der Waals surface area contributed by atoms with Gasteiger partial charge in [0, 0.05) is 12.6 Å². The van der Waals surface area contributed by atoms with E-state index in [9.17, 15) is 18.0 Å². The number of carbonyl (C=O) groups is 1. The second kappa shape index (κ2) is 6.44. The van der Waals surface area contributed by atoms with Crippen LogP contribution in [-0.4, -0.2) is 12.5 Å². The molecule has 1 atom stereocenters. The molecule has 23 heavy (non-hydrogen) atoms. The van der Waals surface area contributed by atoms with Gasteiger partial charge in [-0.05, 0) is 42.4 Å². The zero-order valence-electron chi connectivity index (χ0n) is 12.4. The highest BCUT2D eigenvalue weighted by Crippen LogP contribution is 2.34. The van der Waals surface area contributed by atoms with Crippen molar-refractivity contribution >= 4 is 5.91 Å². The standard InChI is InChI=1S/C18H16F3NO/c19-15-10-17(21)16(20)9-14(15)18(23)22-8-7-12-6-5-11-3-1-2-4-13(11)12/h1-4,9-10,12H,5-8H2,(H,22,23). The Labute approximate surface area is 132 Å². The summed E-state index contributed by atoms with van der Waals surface area (Å²) in [7, 11) is 0. The second-order valence-electron chi connectivity index (χ2n) is 5.73. The van der Waals surface area contributed by atoms with E-state index in [-0.39, 0.29) is 0 Å². The minimum Gasteiger partial charge on any atom is -0.352 e. The molecule has 0 radical (unpaired) electrons. The molecule has 1 unspecified atom stereocenters. The summed E-state index contributed by atoms with van der Waals surface area (Å²) in [4.78, 5) is 11.9. The SMILES string of the molecule is O=C(NCCC1CCc2ccccc21)c1cc(F)c(F)cc1F. The van der Waals surface area contributed by atoms with Crippen molar-refractivity contribution in [3.8, 4) is 0 Å². The fourth-order valence-corrected chi connectivity index (χ4v) is 3.10. The van der Waals surface area contributed by atoms with Crippen molar-refractivity contribution < 1.29 is 18.0 Å². The Bertz CT molecular complexity index is 745. The van der Waals surface area contributed by atoms with Gasteiger partial charge in [0.15, 0.2) is 11.6 Å². The summed E-state index contributed by atoms with van der Waals surface area (Å²) in [6.07, 6.45) is 2.77. The van der Waals surface area contributed by atoms with Gasteiger partial charge in [-0.25, -0.2) is 13.2 Å². The van der Waals surface area contributed by atoms with Crippen molar-refractivity contribution in [1.82, 2.24) is 5.32 Å². The lowest BCUT2D eigenvalue weighted by atomic mass is 9.98. The van der Waals surface area contributed by atoms with Crippen LogP contribution in [0.2, 0.25) is 0 Å². The Morgan fingerprint density at radius 3 is 2.65 bits per heavy atom. The summed E-state index contributed by atoms with van der Waals surface area (Å²) in [6, 6.07) is 9.16. The van der Waals surface area contributed by atoms with Crippen LogP contribution in [0.3, 0.4) is 0 Å². The van der Waals surface area contributed by atoms with E-state index >= 15 is 0 Å². The van der Waals surface area contributed by atoms with Crippen molar-refractivity contribution in [2.75, 3.05) is 6.54 Å². The molecule has 0 spiro atoms. The van der Waals surface area contributed by atoms with E-state index in [1.165, 1.54) is 11.1 Å². The summed E-state index contributed by atoms with van der Waals surface area (Å²) >= 11 is 0. The van der Waals surface area contributed by atoms with E-state index in [0.29, 0.717) is 24.6 Å².